The van der Waals surface area contributed by atoms with Crippen LogP contribution in [0.4, 0.5) is 0 Å². The third-order valence-electron chi connectivity index (χ3n) is 6.27. The van der Waals surface area contributed by atoms with Crippen LogP contribution >= 0.6 is 0 Å². The van der Waals surface area contributed by atoms with Crippen LogP contribution in [0.25, 0.3) is 27.7 Å². The highest BCUT2D eigenvalue weighted by molar-refractivity contribution is 6.00. The molecule has 1 amide bonds. The van der Waals surface area contributed by atoms with Gasteiger partial charge < -0.3 is 14.1 Å². The monoisotopic (exact) mass is 437 g/mol. The van der Waals surface area contributed by atoms with Gasteiger partial charge >= 0.3 is 0 Å². The molecule has 0 bridgehead atoms. The smallest absolute Gasteiger partial charge is 0.247 e. The van der Waals surface area contributed by atoms with Gasteiger partial charge in [-0.2, -0.15) is 0 Å². The number of fused-ring (bicyclic) bond motifs is 2. The van der Waals surface area contributed by atoms with E-state index in [9.17, 15) is 4.79 Å². The van der Waals surface area contributed by atoms with Gasteiger partial charge in [0.2, 0.25) is 5.91 Å². The van der Waals surface area contributed by atoms with Crippen LogP contribution in [0, 0.1) is 0 Å². The Bertz CT molecular complexity index is 1330. The molecule has 0 saturated carbocycles. The van der Waals surface area contributed by atoms with E-state index in [0.717, 1.165) is 51.9 Å². The van der Waals surface area contributed by atoms with Crippen LogP contribution in [0.15, 0.2) is 83.5 Å². The third-order valence-corrected chi connectivity index (χ3v) is 6.27. The van der Waals surface area contributed by atoms with Gasteiger partial charge in [-0.05, 0) is 48.6 Å². The van der Waals surface area contributed by atoms with E-state index >= 15 is 0 Å². The maximum Gasteiger partial charge on any atom is 0.247 e. The zero-order valence-corrected chi connectivity index (χ0v) is 19.0. The summed E-state index contributed by atoms with van der Waals surface area (Å²) >= 11 is 0. The maximum atomic E-state index is 13.2. The molecule has 33 heavy (non-hydrogen) atoms. The SMILES string of the molecule is CCOc1cc2occ(-c3ccccc3)c2cc1/C(C)=C/C(=O)N1CCc2ccccc2C1. The molecule has 0 radical (unpaired) electrons. The predicted molar refractivity (Wildman–Crippen MR) is 132 cm³/mol. The largest absolute Gasteiger partial charge is 0.493 e. The Hall–Kier alpha value is -3.79. The van der Waals surface area contributed by atoms with Gasteiger partial charge in [0.1, 0.15) is 11.3 Å². The van der Waals surface area contributed by atoms with E-state index in [1.165, 1.54) is 11.1 Å². The number of nitrogens with zero attached hydrogens (tertiary/aromatic N) is 1. The van der Waals surface area contributed by atoms with Crippen molar-refractivity contribution in [3.05, 3.63) is 95.8 Å². The number of allylic oxidation sites excluding steroid dienone is 1. The number of amides is 1. The van der Waals surface area contributed by atoms with Crippen molar-refractivity contribution in [2.24, 2.45) is 0 Å². The fraction of sp³-hybridized carbons (Fsp3) is 0.207. The Morgan fingerprint density at radius 1 is 1.06 bits per heavy atom. The molecule has 0 atom stereocenters. The number of carbonyl (C=O) groups excluding carboxylic acids is 1. The van der Waals surface area contributed by atoms with E-state index in [-0.39, 0.29) is 5.91 Å². The van der Waals surface area contributed by atoms with Crippen molar-refractivity contribution >= 4 is 22.4 Å². The van der Waals surface area contributed by atoms with Crippen molar-refractivity contribution < 1.29 is 13.9 Å². The first kappa shape index (κ1) is 21.1. The summed E-state index contributed by atoms with van der Waals surface area (Å²) in [6.07, 6.45) is 4.41. The average molecular weight is 438 g/mol. The second-order valence-corrected chi connectivity index (χ2v) is 8.40. The molecule has 0 fully saturated rings. The van der Waals surface area contributed by atoms with Crippen LogP contribution in [0.3, 0.4) is 0 Å². The first-order valence-electron chi connectivity index (χ1n) is 11.4. The fourth-order valence-electron chi connectivity index (χ4n) is 4.52. The lowest BCUT2D eigenvalue weighted by atomic mass is 9.98. The Morgan fingerprint density at radius 3 is 2.61 bits per heavy atom. The van der Waals surface area contributed by atoms with Crippen LogP contribution in [-0.4, -0.2) is 24.0 Å². The molecular weight excluding hydrogens is 410 g/mol. The second-order valence-electron chi connectivity index (χ2n) is 8.40. The van der Waals surface area contributed by atoms with Crippen molar-refractivity contribution in [2.45, 2.75) is 26.8 Å². The second kappa shape index (κ2) is 8.99. The topological polar surface area (TPSA) is 42.7 Å². The zero-order valence-electron chi connectivity index (χ0n) is 19.0. The summed E-state index contributed by atoms with van der Waals surface area (Å²) in [5.41, 5.74) is 7.24. The minimum Gasteiger partial charge on any atom is -0.493 e. The zero-order chi connectivity index (χ0) is 22.8. The van der Waals surface area contributed by atoms with Crippen molar-refractivity contribution in [1.29, 1.82) is 0 Å². The number of carbonyl (C=O) groups is 1. The number of hydrogen-bond donors (Lipinski definition) is 0. The minimum atomic E-state index is 0.0278. The van der Waals surface area contributed by atoms with Gasteiger partial charge in [-0.3, -0.25) is 4.79 Å². The summed E-state index contributed by atoms with van der Waals surface area (Å²) < 4.78 is 11.8. The van der Waals surface area contributed by atoms with Crippen molar-refractivity contribution in [3.63, 3.8) is 0 Å². The number of hydrogen-bond acceptors (Lipinski definition) is 3. The third kappa shape index (κ3) is 4.17. The van der Waals surface area contributed by atoms with Gasteiger partial charge in [0.05, 0.1) is 12.9 Å². The van der Waals surface area contributed by atoms with Crippen LogP contribution in [0.2, 0.25) is 0 Å². The first-order valence-corrected chi connectivity index (χ1v) is 11.4. The lowest BCUT2D eigenvalue weighted by Crippen LogP contribution is -2.34. The molecular formula is C29H27NO3. The lowest BCUT2D eigenvalue weighted by Gasteiger charge is -2.28. The first-order chi connectivity index (χ1) is 16.1. The highest BCUT2D eigenvalue weighted by Gasteiger charge is 2.20. The molecule has 1 aliphatic rings. The van der Waals surface area contributed by atoms with Gasteiger partial charge in [-0.25, -0.2) is 0 Å². The highest BCUT2D eigenvalue weighted by atomic mass is 16.5. The Balaban J connectivity index is 1.50. The van der Waals surface area contributed by atoms with Crippen LogP contribution in [0.5, 0.6) is 5.75 Å². The average Bonchev–Trinajstić information content (AvgIpc) is 3.26. The van der Waals surface area contributed by atoms with Crippen LogP contribution in [0.1, 0.15) is 30.5 Å². The summed E-state index contributed by atoms with van der Waals surface area (Å²) in [5.74, 6) is 0.754. The molecule has 2 heterocycles. The summed E-state index contributed by atoms with van der Waals surface area (Å²) in [4.78, 5) is 15.1. The number of rotatable bonds is 5. The Kier molecular flexibility index (Phi) is 5.74. The van der Waals surface area contributed by atoms with Crippen LogP contribution in [-0.2, 0) is 17.8 Å². The lowest BCUT2D eigenvalue weighted by molar-refractivity contribution is -0.126. The van der Waals surface area contributed by atoms with Gasteiger partial charge in [0.15, 0.2) is 0 Å². The number of furan rings is 1. The number of ether oxygens (including phenoxy) is 1. The van der Waals surface area contributed by atoms with Crippen molar-refractivity contribution in [3.8, 4) is 16.9 Å². The van der Waals surface area contributed by atoms with Gasteiger partial charge in [-0.1, -0.05) is 54.6 Å². The summed E-state index contributed by atoms with van der Waals surface area (Å²) in [6, 6.07) is 22.5. The van der Waals surface area contributed by atoms with E-state index in [1.54, 1.807) is 12.3 Å². The number of benzene rings is 3. The summed E-state index contributed by atoms with van der Waals surface area (Å²) in [7, 11) is 0. The van der Waals surface area contributed by atoms with E-state index in [4.69, 9.17) is 9.15 Å². The molecule has 3 aromatic carbocycles. The molecule has 0 N–H and O–H groups in total. The van der Waals surface area contributed by atoms with Crippen molar-refractivity contribution in [1.82, 2.24) is 4.90 Å². The van der Waals surface area contributed by atoms with Gasteiger partial charge in [0, 0.05) is 41.7 Å². The predicted octanol–water partition coefficient (Wildman–Crippen LogP) is 6.49. The molecule has 1 aromatic heterocycles. The molecule has 5 rings (SSSR count). The maximum absolute atomic E-state index is 13.2. The quantitative estimate of drug-likeness (QED) is 0.335. The molecule has 4 aromatic rings. The highest BCUT2D eigenvalue weighted by Crippen LogP contribution is 2.37. The molecule has 4 nitrogen and oxygen atoms in total. The van der Waals surface area contributed by atoms with E-state index in [0.29, 0.717) is 13.2 Å². The standard InChI is InChI=1S/C29H27NO3/c1-3-32-27-17-28-25(26(19-33-28)22-10-5-4-6-11-22)16-24(27)20(2)15-29(31)30-14-13-21-9-7-8-12-23(21)18-30/h4-12,15-17,19H,3,13-14,18H2,1-2H3/b20-15+. The molecule has 166 valence electrons. The molecule has 0 unspecified atom stereocenters. The van der Waals surface area contributed by atoms with E-state index < -0.39 is 0 Å². The Labute approximate surface area is 194 Å². The fourth-order valence-corrected chi connectivity index (χ4v) is 4.52. The normalized spacial score (nSPS) is 13.8. The van der Waals surface area contributed by atoms with E-state index in [2.05, 4.69) is 36.4 Å². The summed E-state index contributed by atoms with van der Waals surface area (Å²) in [6.45, 7) is 5.85. The Morgan fingerprint density at radius 2 is 1.82 bits per heavy atom. The van der Waals surface area contributed by atoms with E-state index in [1.807, 2.05) is 49.1 Å². The summed E-state index contributed by atoms with van der Waals surface area (Å²) in [5, 5.41) is 1.01. The van der Waals surface area contributed by atoms with Crippen LogP contribution < -0.4 is 4.74 Å². The van der Waals surface area contributed by atoms with Crippen molar-refractivity contribution in [2.75, 3.05) is 13.2 Å². The van der Waals surface area contributed by atoms with Gasteiger partial charge in [0.25, 0.3) is 0 Å². The van der Waals surface area contributed by atoms with Gasteiger partial charge in [-0.15, -0.1) is 0 Å². The molecule has 0 aliphatic carbocycles. The molecule has 0 spiro atoms. The molecule has 1 aliphatic heterocycles. The molecule has 0 saturated heterocycles. The minimum absolute atomic E-state index is 0.0278. The molecule has 4 heteroatoms.